The molecule has 6 nitrogen and oxygen atoms in total. The van der Waals surface area contributed by atoms with Crippen LogP contribution in [-0.4, -0.2) is 40.8 Å². The van der Waals surface area contributed by atoms with E-state index in [0.29, 0.717) is 54.9 Å². The number of aliphatic hydroxyl groups excluding tert-OH is 2. The largest absolute Gasteiger partial charge is 0.393 e. The highest BCUT2D eigenvalue weighted by Crippen LogP contribution is 2.68. The van der Waals surface area contributed by atoms with Gasteiger partial charge in [0.1, 0.15) is 0 Å². The lowest BCUT2D eigenvalue weighted by molar-refractivity contribution is -0.174. The fourth-order valence-electron chi connectivity index (χ4n) is 9.65. The first-order valence-electron chi connectivity index (χ1n) is 15.0. The standard InChI is InChI=1S/C30H52N2O4/c1-19(8-11-27(36)32-16-6-4-5-7-26(31)35)22-9-10-23-28-24(13-15-30(22,23)3)29(2)14-12-21(33)17-20(29)18-25(28)34/h19-25,28,33-34H,4-18H2,1-3H3,(H2,31,35)(H,32,36)/t19-,20+,21-,22-,23+,24+,25+,28+,29+,30-/m1/s1. The maximum atomic E-state index is 12.5. The van der Waals surface area contributed by atoms with Crippen molar-refractivity contribution in [2.75, 3.05) is 6.54 Å². The topological polar surface area (TPSA) is 113 Å². The summed E-state index contributed by atoms with van der Waals surface area (Å²) in [5.74, 6) is 3.03. The SMILES string of the molecule is C[C@H](CCC(=O)NCCCCCC(N)=O)[C@H]1CC[C@H]2[C@@H]3[C@@H](O)C[C@@H]4C[C@H](O)CC[C@]4(C)[C@H]3CC[C@]12C. The molecule has 4 rings (SSSR count). The third-order valence-electron chi connectivity index (χ3n) is 11.7. The van der Waals surface area contributed by atoms with Gasteiger partial charge < -0.3 is 21.3 Å². The molecule has 6 heteroatoms. The summed E-state index contributed by atoms with van der Waals surface area (Å²) in [7, 11) is 0. The van der Waals surface area contributed by atoms with E-state index >= 15 is 0 Å². The Labute approximate surface area is 218 Å². The number of nitrogens with one attached hydrogen (secondary N) is 1. The van der Waals surface area contributed by atoms with Crippen molar-refractivity contribution in [1.82, 2.24) is 5.32 Å². The predicted molar refractivity (Wildman–Crippen MR) is 142 cm³/mol. The van der Waals surface area contributed by atoms with E-state index < -0.39 is 0 Å². The number of amides is 2. The number of rotatable bonds is 10. The number of carbonyl (C=O) groups is 2. The average molecular weight is 505 g/mol. The van der Waals surface area contributed by atoms with Crippen LogP contribution in [0.5, 0.6) is 0 Å². The molecule has 0 heterocycles. The molecular weight excluding hydrogens is 452 g/mol. The number of hydrogen-bond acceptors (Lipinski definition) is 4. The van der Waals surface area contributed by atoms with Gasteiger partial charge >= 0.3 is 0 Å². The van der Waals surface area contributed by atoms with Gasteiger partial charge in [-0.25, -0.2) is 0 Å². The molecule has 0 bridgehead atoms. The van der Waals surface area contributed by atoms with Crippen LogP contribution < -0.4 is 11.1 Å². The molecule has 4 saturated carbocycles. The molecule has 4 fully saturated rings. The summed E-state index contributed by atoms with van der Waals surface area (Å²) in [5.41, 5.74) is 5.70. The third kappa shape index (κ3) is 5.50. The van der Waals surface area contributed by atoms with Crippen LogP contribution >= 0.6 is 0 Å². The maximum Gasteiger partial charge on any atom is 0.220 e. The molecule has 0 aliphatic heterocycles. The van der Waals surface area contributed by atoms with E-state index in [4.69, 9.17) is 5.73 Å². The van der Waals surface area contributed by atoms with E-state index in [0.717, 1.165) is 51.4 Å². The third-order valence-corrected chi connectivity index (χ3v) is 11.7. The fraction of sp³-hybridized carbons (Fsp3) is 0.933. The molecule has 0 aromatic carbocycles. The molecule has 0 aromatic rings. The van der Waals surface area contributed by atoms with Gasteiger partial charge in [-0.1, -0.05) is 27.2 Å². The number of carbonyl (C=O) groups excluding carboxylic acids is 2. The summed E-state index contributed by atoms with van der Waals surface area (Å²) in [4.78, 5) is 23.3. The summed E-state index contributed by atoms with van der Waals surface area (Å²) >= 11 is 0. The monoisotopic (exact) mass is 504 g/mol. The first-order chi connectivity index (χ1) is 17.1. The number of aliphatic hydroxyl groups is 2. The Hall–Kier alpha value is -1.14. The zero-order chi connectivity index (χ0) is 26.1. The summed E-state index contributed by atoms with van der Waals surface area (Å²) in [5, 5.41) is 24.8. The summed E-state index contributed by atoms with van der Waals surface area (Å²) in [6.45, 7) is 7.99. The van der Waals surface area contributed by atoms with Crippen molar-refractivity contribution in [3.8, 4) is 0 Å². The Morgan fingerprint density at radius 1 is 0.944 bits per heavy atom. The number of fused-ring (bicyclic) bond motifs is 5. The Morgan fingerprint density at radius 3 is 2.42 bits per heavy atom. The van der Waals surface area contributed by atoms with Gasteiger partial charge in [-0.05, 0) is 117 Å². The highest BCUT2D eigenvalue weighted by molar-refractivity contribution is 5.75. The predicted octanol–water partition coefficient (Wildman–Crippen LogP) is 4.56. The molecule has 0 aromatic heterocycles. The van der Waals surface area contributed by atoms with E-state index in [9.17, 15) is 19.8 Å². The van der Waals surface area contributed by atoms with E-state index in [1.807, 2.05) is 0 Å². The molecule has 0 saturated heterocycles. The van der Waals surface area contributed by atoms with Gasteiger partial charge in [0.15, 0.2) is 0 Å². The van der Waals surface area contributed by atoms with Crippen LogP contribution in [-0.2, 0) is 9.59 Å². The van der Waals surface area contributed by atoms with Crippen LogP contribution in [0.3, 0.4) is 0 Å². The lowest BCUT2D eigenvalue weighted by atomic mass is 9.43. The molecule has 10 atom stereocenters. The lowest BCUT2D eigenvalue weighted by Crippen LogP contribution is -2.58. The molecule has 206 valence electrons. The zero-order valence-corrected chi connectivity index (χ0v) is 23.0. The Bertz CT molecular complexity index is 789. The summed E-state index contributed by atoms with van der Waals surface area (Å²) in [6, 6.07) is 0. The van der Waals surface area contributed by atoms with Gasteiger partial charge in [-0.2, -0.15) is 0 Å². The highest BCUT2D eigenvalue weighted by Gasteiger charge is 2.62. The van der Waals surface area contributed by atoms with Crippen molar-refractivity contribution >= 4 is 11.8 Å². The zero-order valence-electron chi connectivity index (χ0n) is 23.0. The first-order valence-corrected chi connectivity index (χ1v) is 15.0. The smallest absolute Gasteiger partial charge is 0.220 e. The first kappa shape index (κ1) is 27.9. The minimum absolute atomic E-state index is 0.140. The van der Waals surface area contributed by atoms with Gasteiger partial charge in [-0.3, -0.25) is 9.59 Å². The summed E-state index contributed by atoms with van der Waals surface area (Å²) < 4.78 is 0. The second-order valence-corrected chi connectivity index (χ2v) is 13.6. The minimum atomic E-state index is -0.255. The maximum absolute atomic E-state index is 12.5. The lowest BCUT2D eigenvalue weighted by Gasteiger charge is -2.62. The van der Waals surface area contributed by atoms with Crippen LogP contribution in [0.25, 0.3) is 0 Å². The molecule has 5 N–H and O–H groups in total. The van der Waals surface area contributed by atoms with Crippen molar-refractivity contribution in [3.05, 3.63) is 0 Å². The number of primary amides is 1. The van der Waals surface area contributed by atoms with Crippen LogP contribution in [0.1, 0.15) is 111 Å². The summed E-state index contributed by atoms with van der Waals surface area (Å²) in [6.07, 6.45) is 12.8. The van der Waals surface area contributed by atoms with E-state index in [1.165, 1.54) is 25.7 Å². The number of hydrogen-bond donors (Lipinski definition) is 4. The van der Waals surface area contributed by atoms with Crippen molar-refractivity contribution in [2.45, 2.75) is 123 Å². The van der Waals surface area contributed by atoms with Gasteiger partial charge in [0, 0.05) is 19.4 Å². The van der Waals surface area contributed by atoms with Gasteiger partial charge in [-0.15, -0.1) is 0 Å². The van der Waals surface area contributed by atoms with Crippen molar-refractivity contribution in [2.24, 2.45) is 52.1 Å². The van der Waals surface area contributed by atoms with Crippen molar-refractivity contribution < 1.29 is 19.8 Å². The molecule has 4 aliphatic carbocycles. The molecular formula is C30H52N2O4. The van der Waals surface area contributed by atoms with E-state index in [-0.39, 0.29) is 34.9 Å². The Morgan fingerprint density at radius 2 is 1.67 bits per heavy atom. The molecule has 0 unspecified atom stereocenters. The molecule has 0 radical (unpaired) electrons. The normalized spacial score (nSPS) is 42.6. The number of nitrogens with two attached hydrogens (primary N) is 1. The molecule has 0 spiro atoms. The number of unbranched alkanes of at least 4 members (excludes halogenated alkanes) is 2. The van der Waals surface area contributed by atoms with Crippen molar-refractivity contribution in [3.63, 3.8) is 0 Å². The molecule has 2 amide bonds. The van der Waals surface area contributed by atoms with E-state index in [1.54, 1.807) is 0 Å². The van der Waals surface area contributed by atoms with Crippen LogP contribution in [0, 0.1) is 46.3 Å². The van der Waals surface area contributed by atoms with Crippen LogP contribution in [0.15, 0.2) is 0 Å². The van der Waals surface area contributed by atoms with E-state index in [2.05, 4.69) is 26.1 Å². The van der Waals surface area contributed by atoms with Crippen molar-refractivity contribution in [1.29, 1.82) is 0 Å². The molecule has 4 aliphatic rings. The minimum Gasteiger partial charge on any atom is -0.393 e. The average Bonchev–Trinajstić information content (AvgIpc) is 3.18. The Kier molecular flexibility index (Phi) is 8.76. The molecule has 36 heavy (non-hydrogen) atoms. The van der Waals surface area contributed by atoms with Gasteiger partial charge in [0.05, 0.1) is 12.2 Å². The van der Waals surface area contributed by atoms with Gasteiger partial charge in [0.2, 0.25) is 11.8 Å². The second kappa shape index (κ2) is 11.3. The van der Waals surface area contributed by atoms with Gasteiger partial charge in [0.25, 0.3) is 0 Å². The fourth-order valence-corrected chi connectivity index (χ4v) is 9.65. The highest BCUT2D eigenvalue weighted by atomic mass is 16.3. The second-order valence-electron chi connectivity index (χ2n) is 13.6. The van der Waals surface area contributed by atoms with Crippen LogP contribution in [0.2, 0.25) is 0 Å². The van der Waals surface area contributed by atoms with Crippen LogP contribution in [0.4, 0.5) is 0 Å². The quantitative estimate of drug-likeness (QED) is 0.327. The Balaban J connectivity index is 1.30.